The van der Waals surface area contributed by atoms with Gasteiger partial charge in [0.25, 0.3) is 0 Å². The maximum absolute atomic E-state index is 5.68. The third kappa shape index (κ3) is 3.44. The maximum Gasteiger partial charge on any atom is 0.237 e. The number of hydrogen-bond donors (Lipinski definition) is 0. The van der Waals surface area contributed by atoms with Crippen molar-refractivity contribution in [2.75, 3.05) is 0 Å². The van der Waals surface area contributed by atoms with Crippen LogP contribution in [-0.2, 0) is 5.88 Å². The summed E-state index contributed by atoms with van der Waals surface area (Å²) in [5, 5.41) is 0. The predicted molar refractivity (Wildman–Crippen MR) is 76.9 cm³/mol. The van der Waals surface area contributed by atoms with Crippen molar-refractivity contribution in [3.05, 3.63) is 47.4 Å². The van der Waals surface area contributed by atoms with Gasteiger partial charge in [0.05, 0.1) is 24.0 Å². The zero-order chi connectivity index (χ0) is 13.8. The van der Waals surface area contributed by atoms with E-state index in [2.05, 4.69) is 36.8 Å². The Morgan fingerprint density at radius 2 is 2.00 bits per heavy atom. The van der Waals surface area contributed by atoms with Crippen LogP contribution in [0.25, 0.3) is 0 Å². The molecule has 0 atom stereocenters. The van der Waals surface area contributed by atoms with Crippen molar-refractivity contribution in [2.24, 2.45) is 0 Å². The van der Waals surface area contributed by atoms with E-state index in [0.717, 1.165) is 11.4 Å². The molecule has 19 heavy (non-hydrogen) atoms. The molecule has 0 aliphatic carbocycles. The monoisotopic (exact) mass is 276 g/mol. The van der Waals surface area contributed by atoms with Gasteiger partial charge < -0.3 is 4.74 Å². The van der Waals surface area contributed by atoms with Crippen molar-refractivity contribution < 1.29 is 4.74 Å². The summed E-state index contributed by atoms with van der Waals surface area (Å²) in [4.78, 5) is 8.30. The normalized spacial score (nSPS) is 10.8. The minimum Gasteiger partial charge on any atom is -0.437 e. The highest BCUT2D eigenvalue weighted by molar-refractivity contribution is 6.16. The number of ether oxygens (including phenoxy) is 1. The number of halogens is 1. The van der Waals surface area contributed by atoms with E-state index < -0.39 is 0 Å². The molecule has 0 N–H and O–H groups in total. The van der Waals surface area contributed by atoms with Gasteiger partial charge in [-0.1, -0.05) is 19.9 Å². The summed E-state index contributed by atoms with van der Waals surface area (Å²) in [6.07, 6.45) is 3.21. The highest BCUT2D eigenvalue weighted by atomic mass is 35.5. The fourth-order valence-corrected chi connectivity index (χ4v) is 2.08. The molecule has 3 nitrogen and oxygen atoms in total. The minimum absolute atomic E-state index is 0.357. The lowest BCUT2D eigenvalue weighted by Gasteiger charge is -2.11. The Morgan fingerprint density at radius 1 is 1.21 bits per heavy atom. The van der Waals surface area contributed by atoms with E-state index in [9.17, 15) is 0 Å². The lowest BCUT2D eigenvalue weighted by molar-refractivity contribution is 0.459. The van der Waals surface area contributed by atoms with Gasteiger partial charge in [0.1, 0.15) is 5.75 Å². The van der Waals surface area contributed by atoms with Crippen molar-refractivity contribution >= 4 is 11.6 Å². The number of benzene rings is 1. The molecule has 0 fully saturated rings. The Labute approximate surface area is 118 Å². The molecule has 1 heterocycles. The van der Waals surface area contributed by atoms with Crippen molar-refractivity contribution in [1.82, 2.24) is 9.97 Å². The fourth-order valence-electron chi connectivity index (χ4n) is 1.94. The summed E-state index contributed by atoms with van der Waals surface area (Å²) in [5.74, 6) is 2.12. The molecule has 0 aliphatic rings. The largest absolute Gasteiger partial charge is 0.437 e. The lowest BCUT2D eigenvalue weighted by atomic mass is 9.98. The van der Waals surface area contributed by atoms with Gasteiger partial charge in [-0.2, -0.15) is 0 Å². The molecule has 0 radical (unpaired) electrons. The molecular weight excluding hydrogens is 260 g/mol. The minimum atomic E-state index is 0.357. The van der Waals surface area contributed by atoms with Gasteiger partial charge in [0.2, 0.25) is 5.88 Å². The van der Waals surface area contributed by atoms with Gasteiger partial charge in [0, 0.05) is 0 Å². The molecule has 0 spiro atoms. The number of alkyl halides is 1. The van der Waals surface area contributed by atoms with E-state index in [1.165, 1.54) is 11.1 Å². The summed E-state index contributed by atoms with van der Waals surface area (Å²) in [6, 6.07) is 6.07. The summed E-state index contributed by atoms with van der Waals surface area (Å²) in [5.41, 5.74) is 3.29. The van der Waals surface area contributed by atoms with Crippen LogP contribution < -0.4 is 4.74 Å². The standard InChI is InChI=1S/C15H17ClN2O/c1-10(2)14-5-4-13(6-11(14)3)19-15-9-17-12(7-16)8-18-15/h4-6,8-10H,7H2,1-3H3. The molecule has 100 valence electrons. The quantitative estimate of drug-likeness (QED) is 0.775. The molecule has 0 saturated heterocycles. The number of nitrogens with zero attached hydrogens (tertiary/aromatic N) is 2. The highest BCUT2D eigenvalue weighted by Crippen LogP contribution is 2.26. The lowest BCUT2D eigenvalue weighted by Crippen LogP contribution is -1.95. The van der Waals surface area contributed by atoms with Crippen LogP contribution in [-0.4, -0.2) is 9.97 Å². The first-order valence-electron chi connectivity index (χ1n) is 6.25. The van der Waals surface area contributed by atoms with Crippen molar-refractivity contribution in [3.8, 4) is 11.6 Å². The Bertz CT molecular complexity index is 553. The van der Waals surface area contributed by atoms with Crippen molar-refractivity contribution in [2.45, 2.75) is 32.6 Å². The summed E-state index contributed by atoms with van der Waals surface area (Å²) in [7, 11) is 0. The second-order valence-corrected chi connectivity index (χ2v) is 5.02. The first-order valence-corrected chi connectivity index (χ1v) is 6.79. The van der Waals surface area contributed by atoms with Crippen LogP contribution in [0, 0.1) is 6.92 Å². The molecule has 0 unspecified atom stereocenters. The van der Waals surface area contributed by atoms with E-state index in [-0.39, 0.29) is 0 Å². The Balaban J connectivity index is 2.16. The first-order chi connectivity index (χ1) is 9.10. The number of aryl methyl sites for hydroxylation is 1. The Morgan fingerprint density at radius 3 is 2.53 bits per heavy atom. The molecule has 1 aromatic carbocycles. The van der Waals surface area contributed by atoms with Crippen LogP contribution in [0.2, 0.25) is 0 Å². The molecule has 0 amide bonds. The third-order valence-electron chi connectivity index (χ3n) is 2.90. The number of hydrogen-bond acceptors (Lipinski definition) is 3. The molecule has 0 bridgehead atoms. The van der Waals surface area contributed by atoms with E-state index in [1.807, 2.05) is 12.1 Å². The molecule has 4 heteroatoms. The molecule has 0 saturated carbocycles. The number of aromatic nitrogens is 2. The van der Waals surface area contributed by atoms with Crippen LogP contribution >= 0.6 is 11.6 Å². The van der Waals surface area contributed by atoms with Crippen LogP contribution in [0.1, 0.15) is 36.6 Å². The smallest absolute Gasteiger partial charge is 0.237 e. The van der Waals surface area contributed by atoms with E-state index in [1.54, 1.807) is 12.4 Å². The maximum atomic E-state index is 5.68. The van der Waals surface area contributed by atoms with Gasteiger partial charge in [-0.05, 0) is 36.1 Å². The van der Waals surface area contributed by atoms with Crippen LogP contribution in [0.4, 0.5) is 0 Å². The van der Waals surface area contributed by atoms with Crippen LogP contribution in [0.5, 0.6) is 11.6 Å². The fraction of sp³-hybridized carbons (Fsp3) is 0.333. The van der Waals surface area contributed by atoms with E-state index in [0.29, 0.717) is 17.7 Å². The van der Waals surface area contributed by atoms with Gasteiger partial charge in [-0.3, -0.25) is 4.98 Å². The SMILES string of the molecule is Cc1cc(Oc2cnc(CCl)cn2)ccc1C(C)C. The summed E-state index contributed by atoms with van der Waals surface area (Å²) >= 11 is 5.66. The first kappa shape index (κ1) is 13.8. The Hall–Kier alpha value is -1.61. The topological polar surface area (TPSA) is 35.0 Å². The van der Waals surface area contributed by atoms with Gasteiger partial charge >= 0.3 is 0 Å². The average molecular weight is 277 g/mol. The average Bonchev–Trinajstić information content (AvgIpc) is 2.39. The highest BCUT2D eigenvalue weighted by Gasteiger charge is 2.06. The molecule has 2 aromatic rings. The molecule has 1 aromatic heterocycles. The van der Waals surface area contributed by atoms with Crippen molar-refractivity contribution in [3.63, 3.8) is 0 Å². The van der Waals surface area contributed by atoms with Crippen LogP contribution in [0.3, 0.4) is 0 Å². The van der Waals surface area contributed by atoms with Crippen LogP contribution in [0.15, 0.2) is 30.6 Å². The molecule has 2 rings (SSSR count). The second-order valence-electron chi connectivity index (χ2n) is 4.75. The zero-order valence-corrected chi connectivity index (χ0v) is 12.1. The van der Waals surface area contributed by atoms with E-state index in [4.69, 9.17) is 16.3 Å². The molecular formula is C15H17ClN2O. The van der Waals surface area contributed by atoms with Crippen molar-refractivity contribution in [1.29, 1.82) is 0 Å². The van der Waals surface area contributed by atoms with Gasteiger partial charge in [-0.25, -0.2) is 4.98 Å². The van der Waals surface area contributed by atoms with Gasteiger partial charge in [0.15, 0.2) is 0 Å². The van der Waals surface area contributed by atoms with Gasteiger partial charge in [-0.15, -0.1) is 11.6 Å². The number of rotatable bonds is 4. The molecule has 0 aliphatic heterocycles. The van der Waals surface area contributed by atoms with E-state index >= 15 is 0 Å². The third-order valence-corrected chi connectivity index (χ3v) is 3.18. The second kappa shape index (κ2) is 6.02. The predicted octanol–water partition coefficient (Wildman–Crippen LogP) is 4.44. The summed E-state index contributed by atoms with van der Waals surface area (Å²) < 4.78 is 5.68. The summed E-state index contributed by atoms with van der Waals surface area (Å²) in [6.45, 7) is 6.45. The Kier molecular flexibility index (Phi) is 4.38. The zero-order valence-electron chi connectivity index (χ0n) is 11.4.